The topological polar surface area (TPSA) is 48.9 Å². The van der Waals surface area contributed by atoms with Crippen LogP contribution in [0.1, 0.15) is 24.8 Å². The Bertz CT molecular complexity index is 697. The molecule has 1 aromatic rings. The van der Waals surface area contributed by atoms with E-state index in [1.807, 2.05) is 13.1 Å². The fourth-order valence-electron chi connectivity index (χ4n) is 4.39. The number of morpholine rings is 1. The predicted octanol–water partition coefficient (Wildman–Crippen LogP) is 2.74. The van der Waals surface area contributed by atoms with E-state index in [0.29, 0.717) is 0 Å². The third-order valence-corrected chi connectivity index (χ3v) is 7.93. The first kappa shape index (κ1) is 20.3. The van der Waals surface area contributed by atoms with E-state index in [9.17, 15) is 0 Å². The van der Waals surface area contributed by atoms with Crippen LogP contribution in [0.2, 0.25) is 5.02 Å². The molecule has 2 heterocycles. The maximum atomic E-state index is 6.21. The van der Waals surface area contributed by atoms with Crippen LogP contribution in [0.15, 0.2) is 29.3 Å². The van der Waals surface area contributed by atoms with Gasteiger partial charge in [-0.25, -0.2) is 0 Å². The SMILES string of the molecule is CN=C(NCC1(c2cccc(Cl)c2)CC1)NCC1(N2CCOCC2)CCSC1. The van der Waals surface area contributed by atoms with E-state index in [-0.39, 0.29) is 11.0 Å². The monoisotopic (exact) mass is 422 g/mol. The summed E-state index contributed by atoms with van der Waals surface area (Å²) in [6.45, 7) is 5.59. The van der Waals surface area contributed by atoms with Crippen molar-refractivity contribution in [3.8, 4) is 0 Å². The molecule has 7 heteroatoms. The van der Waals surface area contributed by atoms with Crippen LogP contribution in [-0.4, -0.2) is 74.3 Å². The van der Waals surface area contributed by atoms with Gasteiger partial charge in [-0.05, 0) is 42.7 Å². The molecule has 0 radical (unpaired) electrons. The molecule has 1 atom stereocenters. The summed E-state index contributed by atoms with van der Waals surface area (Å²) in [5.74, 6) is 3.32. The molecule has 0 spiro atoms. The summed E-state index contributed by atoms with van der Waals surface area (Å²) < 4.78 is 5.57. The van der Waals surface area contributed by atoms with Crippen LogP contribution >= 0.6 is 23.4 Å². The van der Waals surface area contributed by atoms with Crippen LogP contribution in [0.4, 0.5) is 0 Å². The lowest BCUT2D eigenvalue weighted by Gasteiger charge is -2.43. The number of benzene rings is 1. The third-order valence-electron chi connectivity index (χ3n) is 6.46. The van der Waals surface area contributed by atoms with Gasteiger partial charge in [0.1, 0.15) is 0 Å². The van der Waals surface area contributed by atoms with Gasteiger partial charge in [0.15, 0.2) is 5.96 Å². The highest BCUT2D eigenvalue weighted by atomic mass is 35.5. The zero-order valence-corrected chi connectivity index (χ0v) is 18.2. The maximum Gasteiger partial charge on any atom is 0.191 e. The Kier molecular flexibility index (Phi) is 6.40. The first-order valence-corrected chi connectivity index (χ1v) is 11.8. The van der Waals surface area contributed by atoms with Gasteiger partial charge in [0, 0.05) is 55.0 Å². The molecule has 5 nitrogen and oxygen atoms in total. The summed E-state index contributed by atoms with van der Waals surface area (Å²) >= 11 is 8.27. The minimum Gasteiger partial charge on any atom is -0.379 e. The lowest BCUT2D eigenvalue weighted by atomic mass is 9.95. The fourth-order valence-corrected chi connectivity index (χ4v) is 6.06. The average Bonchev–Trinajstić information content (AvgIpc) is 3.37. The van der Waals surface area contributed by atoms with Crippen molar-refractivity contribution >= 4 is 29.3 Å². The maximum absolute atomic E-state index is 6.21. The number of rotatable bonds is 6. The molecule has 2 aliphatic heterocycles. The molecular weight excluding hydrogens is 392 g/mol. The van der Waals surface area contributed by atoms with E-state index in [1.165, 1.54) is 36.3 Å². The van der Waals surface area contributed by atoms with Gasteiger partial charge in [-0.2, -0.15) is 11.8 Å². The fraction of sp³-hybridized carbons (Fsp3) is 0.667. The summed E-state index contributed by atoms with van der Waals surface area (Å²) in [4.78, 5) is 7.12. The van der Waals surface area contributed by atoms with Gasteiger partial charge in [-0.1, -0.05) is 23.7 Å². The Labute approximate surface area is 177 Å². The number of aliphatic imine (C=N–C) groups is 1. The van der Waals surface area contributed by atoms with E-state index in [1.54, 1.807) is 0 Å². The van der Waals surface area contributed by atoms with Gasteiger partial charge in [0.05, 0.1) is 13.2 Å². The number of hydrogen-bond donors (Lipinski definition) is 2. The number of halogens is 1. The van der Waals surface area contributed by atoms with Crippen LogP contribution < -0.4 is 10.6 Å². The van der Waals surface area contributed by atoms with Gasteiger partial charge in [0.2, 0.25) is 0 Å². The Balaban J connectivity index is 1.34. The quantitative estimate of drug-likeness (QED) is 0.545. The molecule has 0 amide bonds. The normalized spacial score (nSPS) is 27.6. The van der Waals surface area contributed by atoms with Crippen LogP contribution in [0.3, 0.4) is 0 Å². The van der Waals surface area contributed by atoms with E-state index in [4.69, 9.17) is 16.3 Å². The second-order valence-electron chi connectivity index (χ2n) is 8.20. The average molecular weight is 423 g/mol. The molecule has 28 heavy (non-hydrogen) atoms. The third kappa shape index (κ3) is 4.45. The number of thioether (sulfide) groups is 1. The molecule has 2 saturated heterocycles. The molecule has 4 rings (SSSR count). The number of guanidine groups is 1. The van der Waals surface area contributed by atoms with E-state index in [2.05, 4.69) is 50.5 Å². The first-order valence-electron chi connectivity index (χ1n) is 10.3. The molecule has 1 unspecified atom stereocenters. The Morgan fingerprint density at radius 1 is 1.21 bits per heavy atom. The molecule has 0 bridgehead atoms. The number of nitrogens with one attached hydrogen (secondary N) is 2. The largest absolute Gasteiger partial charge is 0.379 e. The van der Waals surface area contributed by atoms with Crippen LogP contribution in [0, 0.1) is 0 Å². The first-order chi connectivity index (χ1) is 13.7. The van der Waals surface area contributed by atoms with Crippen LogP contribution in [0.5, 0.6) is 0 Å². The Morgan fingerprint density at radius 2 is 2.00 bits per heavy atom. The Hall–Kier alpha value is -0.950. The van der Waals surface area contributed by atoms with E-state index < -0.39 is 0 Å². The second-order valence-corrected chi connectivity index (χ2v) is 9.74. The predicted molar refractivity (Wildman–Crippen MR) is 119 cm³/mol. The molecule has 1 saturated carbocycles. The summed E-state index contributed by atoms with van der Waals surface area (Å²) in [6.07, 6.45) is 3.63. The summed E-state index contributed by atoms with van der Waals surface area (Å²) in [7, 11) is 1.86. The number of hydrogen-bond acceptors (Lipinski definition) is 4. The van der Waals surface area contributed by atoms with E-state index in [0.717, 1.165) is 50.4 Å². The van der Waals surface area contributed by atoms with Gasteiger partial charge in [-0.15, -0.1) is 0 Å². The van der Waals surface area contributed by atoms with Gasteiger partial charge in [0.25, 0.3) is 0 Å². The number of nitrogens with zero attached hydrogens (tertiary/aromatic N) is 2. The van der Waals surface area contributed by atoms with Crippen molar-refractivity contribution in [3.05, 3.63) is 34.9 Å². The minimum absolute atomic E-state index is 0.202. The molecule has 3 fully saturated rings. The minimum atomic E-state index is 0.202. The zero-order chi connectivity index (χ0) is 19.5. The van der Waals surface area contributed by atoms with Gasteiger partial charge >= 0.3 is 0 Å². The highest BCUT2D eigenvalue weighted by molar-refractivity contribution is 7.99. The van der Waals surface area contributed by atoms with Crippen molar-refractivity contribution in [2.24, 2.45) is 4.99 Å². The molecule has 1 aliphatic carbocycles. The lowest BCUT2D eigenvalue weighted by Crippen LogP contribution is -2.60. The summed E-state index contributed by atoms with van der Waals surface area (Å²) in [5, 5.41) is 8.03. The van der Waals surface area contributed by atoms with Crippen LogP contribution in [0.25, 0.3) is 0 Å². The van der Waals surface area contributed by atoms with Crippen LogP contribution in [-0.2, 0) is 10.2 Å². The highest BCUT2D eigenvalue weighted by Gasteiger charge is 2.44. The highest BCUT2D eigenvalue weighted by Crippen LogP contribution is 2.48. The molecule has 154 valence electrons. The Morgan fingerprint density at radius 3 is 2.64 bits per heavy atom. The number of ether oxygens (including phenoxy) is 1. The standard InChI is InChI=1S/C21H31ClN4OS/c1-23-19(24-14-20(5-6-20)17-3-2-4-18(22)13-17)25-15-21(7-12-28-16-21)26-8-10-27-11-9-26/h2-4,13H,5-12,14-16H2,1H3,(H2,23,24,25). The van der Waals surface area contributed by atoms with Gasteiger partial charge < -0.3 is 15.4 Å². The smallest absolute Gasteiger partial charge is 0.191 e. The van der Waals surface area contributed by atoms with Crippen molar-refractivity contribution in [2.45, 2.75) is 30.2 Å². The molecule has 3 aliphatic rings. The lowest BCUT2D eigenvalue weighted by molar-refractivity contribution is -0.0120. The molecule has 2 N–H and O–H groups in total. The summed E-state index contributed by atoms with van der Waals surface area (Å²) in [5.41, 5.74) is 1.75. The second kappa shape index (κ2) is 8.82. The van der Waals surface area contributed by atoms with E-state index >= 15 is 0 Å². The molecular formula is C21H31ClN4OS. The van der Waals surface area contributed by atoms with Crippen molar-refractivity contribution in [1.29, 1.82) is 0 Å². The van der Waals surface area contributed by atoms with Crippen molar-refractivity contribution < 1.29 is 4.74 Å². The molecule has 1 aromatic carbocycles. The molecule has 0 aromatic heterocycles. The zero-order valence-electron chi connectivity index (χ0n) is 16.7. The van der Waals surface area contributed by atoms with Crippen molar-refractivity contribution in [2.75, 3.05) is 57.9 Å². The summed E-state index contributed by atoms with van der Waals surface area (Å²) in [6, 6.07) is 8.30. The van der Waals surface area contributed by atoms with Gasteiger partial charge in [-0.3, -0.25) is 9.89 Å². The van der Waals surface area contributed by atoms with Crippen molar-refractivity contribution in [1.82, 2.24) is 15.5 Å². The van der Waals surface area contributed by atoms with Crippen molar-refractivity contribution in [3.63, 3.8) is 0 Å².